The van der Waals surface area contributed by atoms with E-state index in [4.69, 9.17) is 9.47 Å². The molecule has 2 fully saturated rings. The van der Waals surface area contributed by atoms with Crippen LogP contribution in [-0.4, -0.2) is 24.7 Å². The lowest BCUT2D eigenvalue weighted by atomic mass is 9.97. The van der Waals surface area contributed by atoms with Gasteiger partial charge < -0.3 is 14.4 Å². The van der Waals surface area contributed by atoms with Gasteiger partial charge in [0.05, 0.1) is 12.2 Å². The maximum Gasteiger partial charge on any atom is 0.227 e. The maximum absolute atomic E-state index is 12.7. The Hall–Kier alpha value is -2.49. The van der Waals surface area contributed by atoms with E-state index >= 15 is 0 Å². The molecule has 0 radical (unpaired) electrons. The predicted molar refractivity (Wildman–Crippen MR) is 116 cm³/mol. The van der Waals surface area contributed by atoms with Crippen LogP contribution in [-0.2, 0) is 4.79 Å². The van der Waals surface area contributed by atoms with Crippen molar-refractivity contribution in [3.05, 3.63) is 53.6 Å². The molecule has 0 bridgehead atoms. The van der Waals surface area contributed by atoms with Crippen LogP contribution in [0.5, 0.6) is 11.5 Å². The van der Waals surface area contributed by atoms with Gasteiger partial charge in [0.2, 0.25) is 5.91 Å². The molecule has 1 saturated carbocycles. The lowest BCUT2D eigenvalue weighted by Crippen LogP contribution is -2.24. The Balaban J connectivity index is 1.56. The minimum absolute atomic E-state index is 0.0941. The lowest BCUT2D eigenvalue weighted by molar-refractivity contribution is -0.117. The molecular weight excluding hydrogens is 362 g/mol. The summed E-state index contributed by atoms with van der Waals surface area (Å²) in [7, 11) is 0. The molecule has 1 saturated heterocycles. The van der Waals surface area contributed by atoms with Gasteiger partial charge in [0.1, 0.15) is 0 Å². The second kappa shape index (κ2) is 8.48. The maximum atomic E-state index is 12.7. The molecule has 0 spiro atoms. The molecule has 0 unspecified atom stereocenters. The number of nitrogens with zero attached hydrogens (tertiary/aromatic N) is 1. The van der Waals surface area contributed by atoms with Gasteiger partial charge in [-0.25, -0.2) is 0 Å². The van der Waals surface area contributed by atoms with E-state index in [0.29, 0.717) is 13.0 Å². The van der Waals surface area contributed by atoms with Crippen LogP contribution in [0.1, 0.15) is 63.0 Å². The fourth-order valence-corrected chi connectivity index (χ4v) is 4.38. The third-order valence-electron chi connectivity index (χ3n) is 5.84. The average Bonchev–Trinajstić information content (AvgIpc) is 3.32. The minimum atomic E-state index is 0.0941. The van der Waals surface area contributed by atoms with E-state index in [1.807, 2.05) is 36.9 Å². The first-order valence-electron chi connectivity index (χ1n) is 10.8. The number of aryl methyl sites for hydroxylation is 1. The van der Waals surface area contributed by atoms with Crippen molar-refractivity contribution in [2.45, 2.75) is 71.0 Å². The molecule has 1 aliphatic heterocycles. The van der Waals surface area contributed by atoms with Crippen molar-refractivity contribution in [3.63, 3.8) is 0 Å². The number of carbonyl (C=O) groups is 1. The molecule has 2 aromatic rings. The summed E-state index contributed by atoms with van der Waals surface area (Å²) >= 11 is 0. The molecule has 4 rings (SSSR count). The normalized spacial score (nSPS) is 19.9. The Kier molecular flexibility index (Phi) is 5.79. The highest BCUT2D eigenvalue weighted by molar-refractivity contribution is 5.96. The van der Waals surface area contributed by atoms with Crippen molar-refractivity contribution in [2.75, 3.05) is 11.4 Å². The number of benzene rings is 2. The summed E-state index contributed by atoms with van der Waals surface area (Å²) in [6.45, 7) is 6.82. The Morgan fingerprint density at radius 3 is 2.55 bits per heavy atom. The first kappa shape index (κ1) is 19.8. The van der Waals surface area contributed by atoms with Crippen molar-refractivity contribution < 1.29 is 14.3 Å². The Labute approximate surface area is 173 Å². The van der Waals surface area contributed by atoms with Crippen LogP contribution in [0.4, 0.5) is 5.69 Å². The summed E-state index contributed by atoms with van der Waals surface area (Å²) in [6.07, 6.45) is 5.57. The molecule has 4 heteroatoms. The highest BCUT2D eigenvalue weighted by Crippen LogP contribution is 2.38. The molecular formula is C25H31NO3. The topological polar surface area (TPSA) is 38.8 Å². The molecule has 2 aliphatic rings. The van der Waals surface area contributed by atoms with Crippen LogP contribution in [0.3, 0.4) is 0 Å². The van der Waals surface area contributed by atoms with Crippen molar-refractivity contribution in [3.8, 4) is 11.5 Å². The Morgan fingerprint density at radius 1 is 1.03 bits per heavy atom. The summed E-state index contributed by atoms with van der Waals surface area (Å²) in [4.78, 5) is 14.6. The van der Waals surface area contributed by atoms with E-state index in [1.54, 1.807) is 0 Å². The standard InChI is InChI=1S/C25H31NO3/c1-17(2)28-23-12-11-19(14-24(23)29-22-9-4-5-10-22)20-15-25(27)26(16-20)21-8-6-7-18(3)13-21/h6-8,11-14,17,20,22H,4-5,9-10,15-16H2,1-3H3/t20-/m1/s1. The van der Waals surface area contributed by atoms with Crippen LogP contribution in [0.15, 0.2) is 42.5 Å². The Bertz CT molecular complexity index is 870. The van der Waals surface area contributed by atoms with E-state index < -0.39 is 0 Å². The van der Waals surface area contributed by atoms with E-state index in [1.165, 1.54) is 18.4 Å². The average molecular weight is 394 g/mol. The summed E-state index contributed by atoms with van der Waals surface area (Å²) in [6, 6.07) is 14.4. The van der Waals surface area contributed by atoms with Crippen molar-refractivity contribution in [2.24, 2.45) is 0 Å². The molecule has 1 heterocycles. The molecule has 1 atom stereocenters. The zero-order valence-corrected chi connectivity index (χ0v) is 17.7. The van der Waals surface area contributed by atoms with Gasteiger partial charge >= 0.3 is 0 Å². The summed E-state index contributed by atoms with van der Waals surface area (Å²) < 4.78 is 12.3. The van der Waals surface area contributed by atoms with Crippen molar-refractivity contribution in [1.29, 1.82) is 0 Å². The van der Waals surface area contributed by atoms with E-state index in [-0.39, 0.29) is 24.0 Å². The van der Waals surface area contributed by atoms with Crippen molar-refractivity contribution >= 4 is 11.6 Å². The van der Waals surface area contributed by atoms with Crippen LogP contribution < -0.4 is 14.4 Å². The minimum Gasteiger partial charge on any atom is -0.487 e. The third kappa shape index (κ3) is 4.58. The molecule has 1 aliphatic carbocycles. The molecule has 4 nitrogen and oxygen atoms in total. The SMILES string of the molecule is Cc1cccc(N2C[C@H](c3ccc(OC(C)C)c(OC4CCCC4)c3)CC2=O)c1. The number of ether oxygens (including phenoxy) is 2. The fraction of sp³-hybridized carbons (Fsp3) is 0.480. The zero-order valence-electron chi connectivity index (χ0n) is 17.7. The fourth-order valence-electron chi connectivity index (χ4n) is 4.38. The monoisotopic (exact) mass is 393 g/mol. The Morgan fingerprint density at radius 2 is 1.83 bits per heavy atom. The number of hydrogen-bond donors (Lipinski definition) is 0. The number of anilines is 1. The summed E-state index contributed by atoms with van der Waals surface area (Å²) in [5, 5.41) is 0. The number of amides is 1. The second-order valence-electron chi connectivity index (χ2n) is 8.64. The van der Waals surface area contributed by atoms with Crippen molar-refractivity contribution in [1.82, 2.24) is 0 Å². The molecule has 2 aromatic carbocycles. The lowest BCUT2D eigenvalue weighted by Gasteiger charge is -2.21. The molecule has 154 valence electrons. The highest BCUT2D eigenvalue weighted by atomic mass is 16.5. The smallest absolute Gasteiger partial charge is 0.227 e. The molecule has 0 N–H and O–H groups in total. The summed E-state index contributed by atoms with van der Waals surface area (Å²) in [5.74, 6) is 1.98. The quantitative estimate of drug-likeness (QED) is 0.639. The van der Waals surface area contributed by atoms with E-state index in [2.05, 4.69) is 31.2 Å². The predicted octanol–water partition coefficient (Wildman–Crippen LogP) is 5.62. The third-order valence-corrected chi connectivity index (χ3v) is 5.84. The molecule has 0 aromatic heterocycles. The van der Waals surface area contributed by atoms with E-state index in [9.17, 15) is 4.79 Å². The largest absolute Gasteiger partial charge is 0.487 e. The van der Waals surface area contributed by atoms with Gasteiger partial charge in [0.15, 0.2) is 11.5 Å². The number of carbonyl (C=O) groups excluding carboxylic acids is 1. The number of hydrogen-bond acceptors (Lipinski definition) is 3. The molecule has 1 amide bonds. The molecule has 29 heavy (non-hydrogen) atoms. The second-order valence-corrected chi connectivity index (χ2v) is 8.64. The van der Waals surface area contributed by atoms with Gasteiger partial charge in [-0.15, -0.1) is 0 Å². The van der Waals surface area contributed by atoms with Gasteiger partial charge in [-0.3, -0.25) is 4.79 Å². The van der Waals surface area contributed by atoms with Gasteiger partial charge in [-0.2, -0.15) is 0 Å². The summed E-state index contributed by atoms with van der Waals surface area (Å²) in [5.41, 5.74) is 3.30. The number of rotatable bonds is 6. The highest BCUT2D eigenvalue weighted by Gasteiger charge is 2.32. The first-order chi connectivity index (χ1) is 14.0. The van der Waals surface area contributed by atoms with E-state index in [0.717, 1.165) is 35.6 Å². The van der Waals surface area contributed by atoms with Gasteiger partial charge in [0.25, 0.3) is 0 Å². The van der Waals surface area contributed by atoms with Crippen LogP contribution in [0.25, 0.3) is 0 Å². The van der Waals surface area contributed by atoms with Crippen LogP contribution in [0, 0.1) is 6.92 Å². The van der Waals surface area contributed by atoms with Gasteiger partial charge in [-0.1, -0.05) is 18.2 Å². The van der Waals surface area contributed by atoms with Crippen LogP contribution in [0.2, 0.25) is 0 Å². The van der Waals surface area contributed by atoms with Gasteiger partial charge in [0, 0.05) is 24.6 Å². The zero-order chi connectivity index (χ0) is 20.4. The van der Waals surface area contributed by atoms with Gasteiger partial charge in [-0.05, 0) is 81.8 Å². The first-order valence-corrected chi connectivity index (χ1v) is 10.8. The van der Waals surface area contributed by atoms with Crippen LogP contribution >= 0.6 is 0 Å².